The van der Waals surface area contributed by atoms with Gasteiger partial charge in [-0.05, 0) is 43.2 Å². The summed E-state index contributed by atoms with van der Waals surface area (Å²) in [7, 11) is 0. The second kappa shape index (κ2) is 5.97. The van der Waals surface area contributed by atoms with E-state index in [0.717, 1.165) is 15.6 Å². The number of halogens is 1. The number of rotatable bonds is 3. The summed E-state index contributed by atoms with van der Waals surface area (Å²) in [4.78, 5) is 16.3. The van der Waals surface area contributed by atoms with Crippen molar-refractivity contribution in [3.8, 4) is 0 Å². The van der Waals surface area contributed by atoms with Crippen molar-refractivity contribution in [2.75, 3.05) is 0 Å². The molecule has 0 aliphatic rings. The van der Waals surface area contributed by atoms with Gasteiger partial charge in [0.05, 0.1) is 6.04 Å². The Morgan fingerprint density at radius 2 is 1.95 bits per heavy atom. The van der Waals surface area contributed by atoms with Gasteiger partial charge in [0.2, 0.25) is 0 Å². The topological polar surface area (TPSA) is 42.0 Å². The van der Waals surface area contributed by atoms with E-state index in [0.29, 0.717) is 5.69 Å². The van der Waals surface area contributed by atoms with Crippen molar-refractivity contribution in [1.29, 1.82) is 0 Å². The first-order valence-corrected chi connectivity index (χ1v) is 6.85. The minimum absolute atomic E-state index is 0.0537. The summed E-state index contributed by atoms with van der Waals surface area (Å²) >= 11 is 3.39. The van der Waals surface area contributed by atoms with Gasteiger partial charge in [0.15, 0.2) is 0 Å². The van der Waals surface area contributed by atoms with Gasteiger partial charge >= 0.3 is 0 Å². The second-order valence-corrected chi connectivity index (χ2v) is 5.33. The number of hydrogen-bond acceptors (Lipinski definition) is 2. The molecule has 3 nitrogen and oxygen atoms in total. The molecule has 0 aliphatic heterocycles. The summed E-state index contributed by atoms with van der Waals surface area (Å²) in [5.74, 6) is -0.145. The SMILES string of the molecule is Cc1cccnc1C(=O)NC(C)c1ccc(Br)cc1. The Labute approximate surface area is 121 Å². The number of pyridine rings is 1. The fraction of sp³-hybridized carbons (Fsp3) is 0.200. The number of hydrogen-bond donors (Lipinski definition) is 1. The van der Waals surface area contributed by atoms with E-state index in [4.69, 9.17) is 0 Å². The van der Waals surface area contributed by atoms with Crippen molar-refractivity contribution in [2.24, 2.45) is 0 Å². The van der Waals surface area contributed by atoms with Gasteiger partial charge in [-0.25, -0.2) is 0 Å². The van der Waals surface area contributed by atoms with Crippen molar-refractivity contribution in [1.82, 2.24) is 10.3 Å². The smallest absolute Gasteiger partial charge is 0.270 e. The molecule has 0 radical (unpaired) electrons. The zero-order valence-corrected chi connectivity index (χ0v) is 12.4. The summed E-state index contributed by atoms with van der Waals surface area (Å²) in [6, 6.07) is 11.5. The molecule has 19 heavy (non-hydrogen) atoms. The Morgan fingerprint density at radius 1 is 1.26 bits per heavy atom. The number of carbonyl (C=O) groups is 1. The van der Waals surface area contributed by atoms with Crippen LogP contribution >= 0.6 is 15.9 Å². The van der Waals surface area contributed by atoms with E-state index in [9.17, 15) is 4.79 Å². The average Bonchev–Trinajstić information content (AvgIpc) is 2.39. The minimum Gasteiger partial charge on any atom is -0.344 e. The number of carbonyl (C=O) groups excluding carboxylic acids is 1. The van der Waals surface area contributed by atoms with Crippen LogP contribution in [0.2, 0.25) is 0 Å². The highest BCUT2D eigenvalue weighted by Crippen LogP contribution is 2.17. The minimum atomic E-state index is -0.145. The van der Waals surface area contributed by atoms with Crippen molar-refractivity contribution >= 4 is 21.8 Å². The van der Waals surface area contributed by atoms with Crippen molar-refractivity contribution < 1.29 is 4.79 Å². The van der Waals surface area contributed by atoms with Gasteiger partial charge in [-0.3, -0.25) is 9.78 Å². The van der Waals surface area contributed by atoms with Gasteiger partial charge in [-0.15, -0.1) is 0 Å². The maximum atomic E-state index is 12.1. The number of aryl methyl sites for hydroxylation is 1. The van der Waals surface area contributed by atoms with Gasteiger partial charge in [0.25, 0.3) is 5.91 Å². The third-order valence-corrected chi connectivity index (χ3v) is 3.47. The molecule has 1 amide bonds. The molecule has 0 saturated carbocycles. The van der Waals surface area contributed by atoms with Crippen LogP contribution in [-0.2, 0) is 0 Å². The molecule has 1 heterocycles. The van der Waals surface area contributed by atoms with Crippen molar-refractivity contribution in [3.05, 3.63) is 63.9 Å². The standard InChI is InChI=1S/C15H15BrN2O/c1-10-4-3-9-17-14(10)15(19)18-11(2)12-5-7-13(16)8-6-12/h3-9,11H,1-2H3,(H,18,19). The van der Waals surface area contributed by atoms with Crippen molar-refractivity contribution in [2.45, 2.75) is 19.9 Å². The van der Waals surface area contributed by atoms with E-state index in [-0.39, 0.29) is 11.9 Å². The van der Waals surface area contributed by atoms with E-state index in [1.807, 2.05) is 50.2 Å². The monoisotopic (exact) mass is 318 g/mol. The summed E-state index contributed by atoms with van der Waals surface area (Å²) in [6.07, 6.45) is 1.63. The van der Waals surface area contributed by atoms with Crippen LogP contribution in [0.15, 0.2) is 47.1 Å². The Morgan fingerprint density at radius 3 is 2.58 bits per heavy atom. The molecule has 2 rings (SSSR count). The van der Waals surface area contributed by atoms with Crippen LogP contribution < -0.4 is 5.32 Å². The molecule has 98 valence electrons. The quantitative estimate of drug-likeness (QED) is 0.938. The Hall–Kier alpha value is -1.68. The zero-order valence-electron chi connectivity index (χ0n) is 10.9. The van der Waals surface area contributed by atoms with Gasteiger partial charge < -0.3 is 5.32 Å². The Kier molecular flexibility index (Phi) is 4.32. The van der Waals surface area contributed by atoms with E-state index in [1.165, 1.54) is 0 Å². The molecular weight excluding hydrogens is 304 g/mol. The zero-order chi connectivity index (χ0) is 13.8. The van der Waals surface area contributed by atoms with Crippen LogP contribution in [0.3, 0.4) is 0 Å². The predicted octanol–water partition coefficient (Wildman–Crippen LogP) is 3.64. The molecule has 1 aromatic carbocycles. The molecule has 1 atom stereocenters. The highest BCUT2D eigenvalue weighted by atomic mass is 79.9. The van der Waals surface area contributed by atoms with E-state index < -0.39 is 0 Å². The first-order valence-electron chi connectivity index (χ1n) is 6.06. The molecule has 2 aromatic rings. The van der Waals surface area contributed by atoms with Crippen LogP contribution in [0, 0.1) is 6.92 Å². The number of nitrogens with zero attached hydrogens (tertiary/aromatic N) is 1. The summed E-state index contributed by atoms with van der Waals surface area (Å²) in [5, 5.41) is 2.96. The lowest BCUT2D eigenvalue weighted by Crippen LogP contribution is -2.28. The fourth-order valence-electron chi connectivity index (χ4n) is 1.82. The van der Waals surface area contributed by atoms with Gasteiger partial charge in [0, 0.05) is 10.7 Å². The van der Waals surface area contributed by atoms with Crippen LogP contribution in [0.1, 0.15) is 34.6 Å². The largest absolute Gasteiger partial charge is 0.344 e. The molecule has 0 saturated heterocycles. The maximum Gasteiger partial charge on any atom is 0.270 e. The normalized spacial score (nSPS) is 11.9. The molecule has 0 fully saturated rings. The Bertz CT molecular complexity index is 581. The predicted molar refractivity (Wildman–Crippen MR) is 79.0 cm³/mol. The average molecular weight is 319 g/mol. The molecule has 1 unspecified atom stereocenters. The lowest BCUT2D eigenvalue weighted by molar-refractivity contribution is 0.0934. The summed E-state index contributed by atoms with van der Waals surface area (Å²) in [6.45, 7) is 3.84. The highest BCUT2D eigenvalue weighted by Gasteiger charge is 2.14. The number of benzene rings is 1. The lowest BCUT2D eigenvalue weighted by Gasteiger charge is -2.14. The molecular formula is C15H15BrN2O. The number of nitrogens with one attached hydrogen (secondary N) is 1. The van der Waals surface area contributed by atoms with E-state index in [2.05, 4.69) is 26.2 Å². The highest BCUT2D eigenvalue weighted by molar-refractivity contribution is 9.10. The van der Waals surface area contributed by atoms with Crippen LogP contribution in [0.5, 0.6) is 0 Å². The van der Waals surface area contributed by atoms with Crippen LogP contribution in [-0.4, -0.2) is 10.9 Å². The molecule has 0 bridgehead atoms. The van der Waals surface area contributed by atoms with Gasteiger partial charge in [-0.2, -0.15) is 0 Å². The van der Waals surface area contributed by atoms with E-state index >= 15 is 0 Å². The van der Waals surface area contributed by atoms with Crippen molar-refractivity contribution in [3.63, 3.8) is 0 Å². The molecule has 0 aliphatic carbocycles. The maximum absolute atomic E-state index is 12.1. The number of amides is 1. The first kappa shape index (κ1) is 13.7. The number of aromatic nitrogens is 1. The summed E-state index contributed by atoms with van der Waals surface area (Å²) < 4.78 is 1.02. The molecule has 0 spiro atoms. The Balaban J connectivity index is 2.11. The third-order valence-electron chi connectivity index (χ3n) is 2.94. The molecule has 1 aromatic heterocycles. The van der Waals surface area contributed by atoms with Gasteiger partial charge in [-0.1, -0.05) is 34.1 Å². The first-order chi connectivity index (χ1) is 9.08. The molecule has 1 N–H and O–H groups in total. The third kappa shape index (κ3) is 3.41. The van der Waals surface area contributed by atoms with Crippen LogP contribution in [0.25, 0.3) is 0 Å². The van der Waals surface area contributed by atoms with E-state index in [1.54, 1.807) is 6.20 Å². The van der Waals surface area contributed by atoms with Gasteiger partial charge in [0.1, 0.15) is 5.69 Å². The molecule has 4 heteroatoms. The lowest BCUT2D eigenvalue weighted by atomic mass is 10.1. The summed E-state index contributed by atoms with van der Waals surface area (Å²) in [5.41, 5.74) is 2.42. The second-order valence-electron chi connectivity index (χ2n) is 4.42. The fourth-order valence-corrected chi connectivity index (χ4v) is 2.09. The van der Waals surface area contributed by atoms with Crippen LogP contribution in [0.4, 0.5) is 0 Å².